The van der Waals surface area contributed by atoms with E-state index in [2.05, 4.69) is 214 Å². The second-order valence-electron chi connectivity index (χ2n) is 22.9. The smallest absolute Gasteiger partial charge is 0.139 e. The second-order valence-corrected chi connectivity index (χ2v) is 22.9. The Bertz CT molecular complexity index is 2290. The molecule has 0 spiro atoms. The molecule has 314 valence electrons. The number of ether oxygens (including phenoxy) is 1. The van der Waals surface area contributed by atoms with Gasteiger partial charge in [0.15, 0.2) is 0 Å². The van der Waals surface area contributed by atoms with Crippen LogP contribution in [0.5, 0.6) is 5.75 Å². The van der Waals surface area contributed by atoms with Crippen LogP contribution in [-0.2, 0) is 32.5 Å². The highest BCUT2D eigenvalue weighted by molar-refractivity contribution is 5.88. The Morgan fingerprint density at radius 1 is 0.483 bits per heavy atom. The molecule has 4 nitrogen and oxygen atoms in total. The molecule has 0 saturated heterocycles. The fraction of sp³-hybridized carbons (Fsp3) is 0.429. The minimum Gasteiger partial charge on any atom is -0.456 e. The normalized spacial score (nSPS) is 13.9. The van der Waals surface area contributed by atoms with Crippen molar-refractivity contribution in [3.8, 4) is 17.9 Å². The van der Waals surface area contributed by atoms with Gasteiger partial charge in [-0.2, -0.15) is 10.5 Å². The molecule has 0 fully saturated rings. The molecule has 0 aromatic heterocycles. The minimum atomic E-state index is -0.246. The Hall–Kier alpha value is -5.32. The van der Waals surface area contributed by atoms with Crippen LogP contribution in [0, 0.1) is 22.7 Å². The van der Waals surface area contributed by atoms with Crippen LogP contribution < -0.4 is 9.64 Å². The highest BCUT2D eigenvalue weighted by atomic mass is 16.5. The number of rotatable bonds is 5. The number of hydrogen-bond donors (Lipinski definition) is 0. The number of benzene rings is 4. The predicted molar refractivity (Wildman–Crippen MR) is 256 cm³/mol. The van der Waals surface area contributed by atoms with Crippen LogP contribution in [0.2, 0.25) is 0 Å². The van der Waals surface area contributed by atoms with E-state index >= 15 is 0 Å². The quantitative estimate of drug-likeness (QED) is 0.189. The van der Waals surface area contributed by atoms with Crippen LogP contribution >= 0.6 is 0 Å². The first kappa shape index (κ1) is 45.8. The van der Waals surface area contributed by atoms with Crippen molar-refractivity contribution in [3.63, 3.8) is 0 Å². The zero-order chi connectivity index (χ0) is 45.0. The summed E-state index contributed by atoms with van der Waals surface area (Å²) >= 11 is 0. The first-order valence-corrected chi connectivity index (χ1v) is 21.5. The number of allylic oxidation sites excluding steroid dienone is 4. The molecular formula is C56H69N3O. The third-order valence-corrected chi connectivity index (χ3v) is 11.5. The van der Waals surface area contributed by atoms with Crippen molar-refractivity contribution in [1.82, 2.24) is 0 Å². The maximum absolute atomic E-state index is 10.1. The van der Waals surface area contributed by atoms with Gasteiger partial charge in [-0.25, -0.2) is 0 Å². The van der Waals surface area contributed by atoms with Gasteiger partial charge in [0.2, 0.25) is 0 Å². The lowest BCUT2D eigenvalue weighted by atomic mass is 9.77. The van der Waals surface area contributed by atoms with Gasteiger partial charge < -0.3 is 9.64 Å². The van der Waals surface area contributed by atoms with Crippen LogP contribution in [-0.4, -0.2) is 0 Å². The first-order valence-electron chi connectivity index (χ1n) is 21.5. The summed E-state index contributed by atoms with van der Waals surface area (Å²) in [6.07, 6.45) is 5.81. The molecule has 4 heteroatoms. The van der Waals surface area contributed by atoms with Crippen molar-refractivity contribution in [1.29, 1.82) is 10.5 Å². The Morgan fingerprint density at radius 3 is 1.25 bits per heavy atom. The van der Waals surface area contributed by atoms with E-state index in [4.69, 9.17) is 4.74 Å². The molecule has 0 bridgehead atoms. The summed E-state index contributed by atoms with van der Waals surface area (Å²) in [6, 6.07) is 31.5. The van der Waals surface area contributed by atoms with Gasteiger partial charge >= 0.3 is 0 Å². The van der Waals surface area contributed by atoms with Crippen LogP contribution in [0.25, 0.3) is 11.6 Å². The van der Waals surface area contributed by atoms with Crippen LogP contribution in [0.1, 0.15) is 169 Å². The Morgan fingerprint density at radius 2 is 0.883 bits per heavy atom. The van der Waals surface area contributed by atoms with Crippen molar-refractivity contribution < 1.29 is 4.74 Å². The summed E-state index contributed by atoms with van der Waals surface area (Å²) in [4.78, 5) is 2.43. The summed E-state index contributed by atoms with van der Waals surface area (Å²) in [5.74, 6) is 1.27. The first-order chi connectivity index (χ1) is 27.4. The van der Waals surface area contributed by atoms with Crippen LogP contribution in [0.4, 0.5) is 17.1 Å². The van der Waals surface area contributed by atoms with Gasteiger partial charge in [-0.1, -0.05) is 161 Å². The van der Waals surface area contributed by atoms with Crippen molar-refractivity contribution in [2.24, 2.45) is 0 Å². The molecule has 0 amide bonds. The third kappa shape index (κ3) is 10.2. The molecule has 0 N–H and O–H groups in total. The molecule has 1 aliphatic rings. The average molecular weight is 800 g/mol. The monoisotopic (exact) mass is 800 g/mol. The lowest BCUT2D eigenvalue weighted by Gasteiger charge is -2.33. The largest absolute Gasteiger partial charge is 0.456 e. The number of nitrogens with zero attached hydrogens (tertiary/aromatic N) is 3. The SMILES string of the molecule is CC(C)(C)c1cc(N(c2ccc(/C=C/C3=CC(=C(C#N)C#N)c4cc(C(C)(C)C)cc(C(C)(C)C)c4O3)cc2)c2cc(C(C)(C)C)cc(C(C)(C)C)c2)cc(C(C)(C)C)c1. The molecule has 1 aliphatic heterocycles. The van der Waals surface area contributed by atoms with E-state index < -0.39 is 0 Å². The maximum Gasteiger partial charge on any atom is 0.139 e. The molecule has 4 aromatic carbocycles. The molecule has 5 rings (SSSR count). The Balaban J connectivity index is 1.68. The van der Waals surface area contributed by atoms with E-state index in [1.165, 1.54) is 22.3 Å². The van der Waals surface area contributed by atoms with Gasteiger partial charge in [-0.05, 0) is 120 Å². The molecule has 60 heavy (non-hydrogen) atoms. The lowest BCUT2D eigenvalue weighted by Crippen LogP contribution is -2.21. The number of nitriles is 2. The lowest BCUT2D eigenvalue weighted by molar-refractivity contribution is 0.418. The molecule has 4 aromatic rings. The fourth-order valence-corrected chi connectivity index (χ4v) is 7.30. The summed E-state index contributed by atoms with van der Waals surface area (Å²) in [7, 11) is 0. The molecule has 0 radical (unpaired) electrons. The summed E-state index contributed by atoms with van der Waals surface area (Å²) in [5.41, 5.74) is 12.6. The third-order valence-electron chi connectivity index (χ3n) is 11.5. The molecular weight excluding hydrogens is 731 g/mol. The summed E-state index contributed by atoms with van der Waals surface area (Å²) in [6.45, 7) is 40.5. The van der Waals surface area contributed by atoms with E-state index in [1.807, 2.05) is 18.2 Å². The topological polar surface area (TPSA) is 60.0 Å². The molecule has 0 atom stereocenters. The Kier molecular flexibility index (Phi) is 12.2. The predicted octanol–water partition coefficient (Wildman–Crippen LogP) is 15.7. The molecule has 0 saturated carbocycles. The van der Waals surface area contributed by atoms with E-state index in [0.717, 1.165) is 39.3 Å². The maximum atomic E-state index is 10.1. The van der Waals surface area contributed by atoms with Gasteiger partial charge in [0.1, 0.15) is 29.2 Å². The van der Waals surface area contributed by atoms with Crippen molar-refractivity contribution in [2.45, 2.75) is 157 Å². The van der Waals surface area contributed by atoms with Crippen molar-refractivity contribution in [2.75, 3.05) is 4.90 Å². The van der Waals surface area contributed by atoms with Gasteiger partial charge in [0.05, 0.1) is 0 Å². The summed E-state index contributed by atoms with van der Waals surface area (Å²) < 4.78 is 6.69. The van der Waals surface area contributed by atoms with Gasteiger partial charge in [0, 0.05) is 33.8 Å². The fourth-order valence-electron chi connectivity index (χ4n) is 7.30. The molecule has 0 unspecified atom stereocenters. The zero-order valence-electron chi connectivity index (χ0n) is 39.9. The Labute approximate surface area is 363 Å². The highest BCUT2D eigenvalue weighted by Crippen LogP contribution is 2.46. The second kappa shape index (κ2) is 15.9. The van der Waals surface area contributed by atoms with Gasteiger partial charge in [0.25, 0.3) is 0 Å². The van der Waals surface area contributed by atoms with Crippen molar-refractivity contribution in [3.05, 3.63) is 141 Å². The zero-order valence-corrected chi connectivity index (χ0v) is 39.9. The van der Waals surface area contributed by atoms with Gasteiger partial charge in [-0.15, -0.1) is 0 Å². The van der Waals surface area contributed by atoms with Crippen molar-refractivity contribution >= 4 is 28.7 Å². The van der Waals surface area contributed by atoms with E-state index in [1.54, 1.807) is 0 Å². The van der Waals surface area contributed by atoms with Crippen LogP contribution in [0.3, 0.4) is 0 Å². The van der Waals surface area contributed by atoms with E-state index in [9.17, 15) is 10.5 Å². The summed E-state index contributed by atoms with van der Waals surface area (Å²) in [5, 5.41) is 20.2. The molecule has 1 heterocycles. The van der Waals surface area contributed by atoms with Crippen LogP contribution in [0.15, 0.2) is 96.3 Å². The number of hydrogen-bond acceptors (Lipinski definition) is 4. The standard InChI is InChI=1S/C56H69N3O/c1-51(2,3)38-25-39(52(4,5)6)28-44(27-38)59(45-29-40(53(7,8)9)26-41(30-45)54(10,11)12)43-22-19-36(20-23-43)21-24-46-33-47(37(34-57)35-58)48-31-42(55(13,14)15)32-49(50(48)60-46)56(16,17)18/h19-33H,1-18H3/b24-21+. The minimum absolute atomic E-state index is 0.0463. The number of anilines is 3. The van der Waals surface area contributed by atoms with E-state index in [0.29, 0.717) is 17.1 Å². The molecule has 0 aliphatic carbocycles. The van der Waals surface area contributed by atoms with Gasteiger partial charge in [-0.3, -0.25) is 0 Å². The average Bonchev–Trinajstić information content (AvgIpc) is 3.12. The van der Waals surface area contributed by atoms with E-state index in [-0.39, 0.29) is 38.1 Å². The number of fused-ring (bicyclic) bond motifs is 1. The highest BCUT2D eigenvalue weighted by Gasteiger charge is 2.31.